The standard InChI is InChI=1S/C20H32N4O2/c21-20(11-3-4-12-20)19-23-18(26-24-19)15-7-9-16(10-8-15)22-17(25)13-14-5-1-2-6-14/h14-16H,1-13,21H2,(H,22,25). The molecular weight excluding hydrogens is 328 g/mol. The summed E-state index contributed by atoms with van der Waals surface area (Å²) in [6, 6.07) is 0.304. The Morgan fingerprint density at radius 1 is 1.08 bits per heavy atom. The maximum atomic E-state index is 12.2. The van der Waals surface area contributed by atoms with Gasteiger partial charge in [-0.3, -0.25) is 4.79 Å². The van der Waals surface area contributed by atoms with Crippen molar-refractivity contribution in [1.82, 2.24) is 15.5 Å². The second-order valence-electron chi connectivity index (χ2n) is 8.79. The molecular formula is C20H32N4O2. The van der Waals surface area contributed by atoms with Gasteiger partial charge in [0.15, 0.2) is 5.82 Å². The van der Waals surface area contributed by atoms with E-state index in [9.17, 15) is 4.79 Å². The van der Waals surface area contributed by atoms with E-state index in [1.165, 1.54) is 25.7 Å². The van der Waals surface area contributed by atoms with Crippen LogP contribution in [0.5, 0.6) is 0 Å². The van der Waals surface area contributed by atoms with E-state index >= 15 is 0 Å². The molecule has 1 heterocycles. The number of carbonyl (C=O) groups excluding carboxylic acids is 1. The Morgan fingerprint density at radius 2 is 1.77 bits per heavy atom. The normalized spacial score (nSPS) is 29.1. The third-order valence-electron chi connectivity index (χ3n) is 6.77. The molecule has 3 fully saturated rings. The van der Waals surface area contributed by atoms with E-state index in [2.05, 4.69) is 15.5 Å². The smallest absolute Gasteiger partial charge is 0.229 e. The van der Waals surface area contributed by atoms with Gasteiger partial charge in [0.05, 0.1) is 5.54 Å². The minimum Gasteiger partial charge on any atom is -0.353 e. The summed E-state index contributed by atoms with van der Waals surface area (Å²) in [6.45, 7) is 0. The fourth-order valence-electron chi connectivity index (χ4n) is 5.08. The monoisotopic (exact) mass is 360 g/mol. The van der Waals surface area contributed by atoms with E-state index in [-0.39, 0.29) is 11.4 Å². The maximum Gasteiger partial charge on any atom is 0.229 e. The second-order valence-corrected chi connectivity index (χ2v) is 8.79. The highest BCUT2D eigenvalue weighted by molar-refractivity contribution is 5.76. The summed E-state index contributed by atoms with van der Waals surface area (Å²) in [4.78, 5) is 16.9. The first kappa shape index (κ1) is 18.0. The molecule has 6 heteroatoms. The van der Waals surface area contributed by atoms with Crippen LogP contribution in [0.15, 0.2) is 4.52 Å². The first-order chi connectivity index (χ1) is 12.6. The third-order valence-corrected chi connectivity index (χ3v) is 6.77. The van der Waals surface area contributed by atoms with Crippen molar-refractivity contribution in [3.8, 4) is 0 Å². The molecule has 0 aromatic carbocycles. The number of carbonyl (C=O) groups is 1. The summed E-state index contributed by atoms with van der Waals surface area (Å²) in [7, 11) is 0. The lowest BCUT2D eigenvalue weighted by Gasteiger charge is -2.27. The number of hydrogen-bond donors (Lipinski definition) is 2. The number of nitrogens with one attached hydrogen (secondary N) is 1. The Labute approximate surface area is 155 Å². The van der Waals surface area contributed by atoms with Crippen LogP contribution in [-0.4, -0.2) is 22.1 Å². The molecule has 0 aliphatic heterocycles. The van der Waals surface area contributed by atoms with E-state index < -0.39 is 0 Å². The van der Waals surface area contributed by atoms with Crippen LogP contribution in [0, 0.1) is 5.92 Å². The average molecular weight is 361 g/mol. The van der Waals surface area contributed by atoms with E-state index in [4.69, 9.17) is 10.3 Å². The van der Waals surface area contributed by atoms with Gasteiger partial charge in [-0.05, 0) is 57.3 Å². The quantitative estimate of drug-likeness (QED) is 0.838. The number of amides is 1. The molecule has 6 nitrogen and oxygen atoms in total. The molecule has 3 saturated carbocycles. The molecule has 144 valence electrons. The Kier molecular flexibility index (Phi) is 5.30. The molecule has 0 saturated heterocycles. The van der Waals surface area contributed by atoms with Gasteiger partial charge in [0.1, 0.15) is 0 Å². The highest BCUT2D eigenvalue weighted by Crippen LogP contribution is 2.37. The predicted molar refractivity (Wildman–Crippen MR) is 98.3 cm³/mol. The van der Waals surface area contributed by atoms with Crippen LogP contribution in [0.2, 0.25) is 0 Å². The number of hydrogen-bond acceptors (Lipinski definition) is 5. The number of aromatic nitrogens is 2. The predicted octanol–water partition coefficient (Wildman–Crippen LogP) is 3.52. The zero-order valence-corrected chi connectivity index (χ0v) is 15.7. The fourth-order valence-corrected chi connectivity index (χ4v) is 5.08. The van der Waals surface area contributed by atoms with Crippen molar-refractivity contribution in [1.29, 1.82) is 0 Å². The lowest BCUT2D eigenvalue weighted by atomic mass is 9.85. The Hall–Kier alpha value is -1.43. The van der Waals surface area contributed by atoms with Gasteiger partial charge < -0.3 is 15.6 Å². The van der Waals surface area contributed by atoms with Gasteiger partial charge in [0.25, 0.3) is 0 Å². The van der Waals surface area contributed by atoms with E-state index in [1.807, 2.05) is 0 Å². The molecule has 4 rings (SSSR count). The minimum atomic E-state index is -0.382. The van der Waals surface area contributed by atoms with Gasteiger partial charge in [0, 0.05) is 18.4 Å². The Balaban J connectivity index is 1.26. The SMILES string of the molecule is NC1(c2noc(C3CCC(NC(=O)CC4CCCC4)CC3)n2)CCCC1. The third kappa shape index (κ3) is 3.95. The van der Waals surface area contributed by atoms with Gasteiger partial charge in [-0.15, -0.1) is 0 Å². The largest absolute Gasteiger partial charge is 0.353 e. The van der Waals surface area contributed by atoms with Crippen molar-refractivity contribution in [3.05, 3.63) is 11.7 Å². The van der Waals surface area contributed by atoms with Crippen LogP contribution in [0.3, 0.4) is 0 Å². The zero-order valence-electron chi connectivity index (χ0n) is 15.7. The molecule has 3 aliphatic rings. The number of nitrogens with zero attached hydrogens (tertiary/aromatic N) is 2. The molecule has 0 unspecified atom stereocenters. The van der Waals surface area contributed by atoms with Crippen molar-refractivity contribution in [3.63, 3.8) is 0 Å². The van der Waals surface area contributed by atoms with Gasteiger partial charge >= 0.3 is 0 Å². The van der Waals surface area contributed by atoms with Crippen LogP contribution in [0.1, 0.15) is 101 Å². The van der Waals surface area contributed by atoms with Crippen molar-refractivity contribution < 1.29 is 9.32 Å². The lowest BCUT2D eigenvalue weighted by Crippen LogP contribution is -2.38. The van der Waals surface area contributed by atoms with E-state index in [1.54, 1.807) is 0 Å². The lowest BCUT2D eigenvalue weighted by molar-refractivity contribution is -0.122. The molecule has 0 radical (unpaired) electrons. The highest BCUT2D eigenvalue weighted by Gasteiger charge is 2.37. The van der Waals surface area contributed by atoms with Gasteiger partial charge in [-0.1, -0.05) is 30.8 Å². The fraction of sp³-hybridized carbons (Fsp3) is 0.850. The topological polar surface area (TPSA) is 94.0 Å². The summed E-state index contributed by atoms with van der Waals surface area (Å²) in [5, 5.41) is 7.44. The summed E-state index contributed by atoms with van der Waals surface area (Å²) in [5.74, 6) is 2.60. The number of rotatable bonds is 5. The van der Waals surface area contributed by atoms with Crippen LogP contribution < -0.4 is 11.1 Å². The number of nitrogens with two attached hydrogens (primary N) is 1. The summed E-state index contributed by atoms with van der Waals surface area (Å²) >= 11 is 0. The summed E-state index contributed by atoms with van der Waals surface area (Å²) < 4.78 is 5.56. The molecule has 3 aliphatic carbocycles. The second kappa shape index (κ2) is 7.67. The zero-order chi connectivity index (χ0) is 18.0. The van der Waals surface area contributed by atoms with Gasteiger partial charge in [-0.2, -0.15) is 4.98 Å². The first-order valence-electron chi connectivity index (χ1n) is 10.5. The molecule has 1 aromatic heterocycles. The molecule has 0 atom stereocenters. The van der Waals surface area contributed by atoms with Crippen molar-refractivity contribution >= 4 is 5.91 Å². The molecule has 3 N–H and O–H groups in total. The van der Waals surface area contributed by atoms with Crippen LogP contribution in [-0.2, 0) is 10.3 Å². The first-order valence-corrected chi connectivity index (χ1v) is 10.5. The van der Waals surface area contributed by atoms with Crippen molar-refractivity contribution in [2.45, 2.75) is 101 Å². The van der Waals surface area contributed by atoms with Crippen LogP contribution in [0.4, 0.5) is 0 Å². The van der Waals surface area contributed by atoms with Crippen LogP contribution >= 0.6 is 0 Å². The van der Waals surface area contributed by atoms with Crippen molar-refractivity contribution in [2.75, 3.05) is 0 Å². The van der Waals surface area contributed by atoms with Crippen molar-refractivity contribution in [2.24, 2.45) is 11.7 Å². The molecule has 1 aromatic rings. The van der Waals surface area contributed by atoms with Crippen LogP contribution in [0.25, 0.3) is 0 Å². The van der Waals surface area contributed by atoms with Gasteiger partial charge in [-0.25, -0.2) is 0 Å². The highest BCUT2D eigenvalue weighted by atomic mass is 16.5. The summed E-state index contributed by atoms with van der Waals surface area (Å²) in [6.07, 6.45) is 13.9. The molecule has 0 bridgehead atoms. The minimum absolute atomic E-state index is 0.242. The summed E-state index contributed by atoms with van der Waals surface area (Å²) in [5.41, 5.74) is 6.05. The Bertz CT molecular complexity index is 609. The molecule has 0 spiro atoms. The molecule has 26 heavy (non-hydrogen) atoms. The van der Waals surface area contributed by atoms with E-state index in [0.717, 1.165) is 57.3 Å². The maximum absolute atomic E-state index is 12.2. The molecule has 1 amide bonds. The average Bonchev–Trinajstić information content (AvgIpc) is 3.37. The van der Waals surface area contributed by atoms with Gasteiger partial charge in [0.2, 0.25) is 11.8 Å². The Morgan fingerprint density at radius 3 is 2.46 bits per heavy atom. The van der Waals surface area contributed by atoms with E-state index in [0.29, 0.717) is 30.1 Å².